The van der Waals surface area contributed by atoms with Gasteiger partial charge in [-0.1, -0.05) is 6.58 Å². The Balaban J connectivity index is 3.17. The van der Waals surface area contributed by atoms with Crippen molar-refractivity contribution in [2.45, 2.75) is 6.55 Å². The molecule has 0 aliphatic heterocycles. The maximum atomic E-state index is 10.1. The van der Waals surface area contributed by atoms with Crippen molar-refractivity contribution < 1.29 is 9.22 Å². The third kappa shape index (κ3) is 3.25. The van der Waals surface area contributed by atoms with Gasteiger partial charge in [0, 0.05) is 6.08 Å². The highest BCUT2D eigenvalue weighted by Gasteiger charge is 1.86. The molecule has 0 bridgehead atoms. The van der Waals surface area contributed by atoms with Crippen LogP contribution in [0.4, 0.5) is 0 Å². The van der Waals surface area contributed by atoms with Gasteiger partial charge in [0.2, 0.25) is 9.76 Å². The quantitative estimate of drug-likeness (QED) is 0.370. The average molecular weight is 116 g/mol. The van der Waals surface area contributed by atoms with Crippen LogP contribution >= 0.6 is 0 Å². The summed E-state index contributed by atoms with van der Waals surface area (Å²) in [6, 6.07) is 0. The van der Waals surface area contributed by atoms with Gasteiger partial charge in [-0.25, -0.2) is 4.79 Å². The lowest BCUT2D eigenvalue weighted by atomic mass is 10.7. The number of hydrogen-bond donors (Lipinski definition) is 0. The van der Waals surface area contributed by atoms with Gasteiger partial charge in [-0.2, -0.15) is 0 Å². The summed E-state index contributed by atoms with van der Waals surface area (Å²) in [6.45, 7) is 5.12. The molecular weight excluding hydrogens is 108 g/mol. The molecule has 0 N–H and O–H groups in total. The molecule has 0 aromatic rings. The molecule has 0 aliphatic rings. The van der Waals surface area contributed by atoms with Gasteiger partial charge in [-0.3, -0.25) is 0 Å². The molecule has 0 aliphatic carbocycles. The fraction of sp³-hybridized carbons (Fsp3) is 0.250. The maximum Gasteiger partial charge on any atom is 0.316 e. The van der Waals surface area contributed by atoms with E-state index in [0.29, 0.717) is 0 Å². The van der Waals surface area contributed by atoms with Crippen molar-refractivity contribution in [1.82, 2.24) is 0 Å². The highest BCUT2D eigenvalue weighted by atomic mass is 28.2. The lowest BCUT2D eigenvalue weighted by Crippen LogP contribution is -2.00. The van der Waals surface area contributed by atoms with E-state index in [1.54, 1.807) is 0 Å². The third-order valence-corrected chi connectivity index (χ3v) is 1.03. The Labute approximate surface area is 45.1 Å². The lowest BCUT2D eigenvalue weighted by molar-refractivity contribution is -0.128. The fourth-order valence-electron chi connectivity index (χ4n) is 0.201. The van der Waals surface area contributed by atoms with Crippen LogP contribution in [0.25, 0.3) is 0 Å². The SMILES string of the molecule is C=CC(=O)O[SiH2]C. The molecule has 0 amide bonds. The first kappa shape index (κ1) is 6.43. The topological polar surface area (TPSA) is 26.3 Å². The van der Waals surface area contributed by atoms with Crippen molar-refractivity contribution in [3.8, 4) is 0 Å². The third-order valence-electron chi connectivity index (χ3n) is 0.453. The minimum atomic E-state index is -0.565. The van der Waals surface area contributed by atoms with E-state index in [9.17, 15) is 4.79 Å². The molecule has 0 atom stereocenters. The second-order valence-electron chi connectivity index (χ2n) is 0.956. The summed E-state index contributed by atoms with van der Waals surface area (Å²) in [5.41, 5.74) is 0. The van der Waals surface area contributed by atoms with Crippen molar-refractivity contribution in [3.63, 3.8) is 0 Å². The van der Waals surface area contributed by atoms with Crippen LogP contribution < -0.4 is 0 Å². The first-order valence-corrected chi connectivity index (χ1v) is 4.09. The fourth-order valence-corrected chi connectivity index (χ4v) is 0.604. The summed E-state index contributed by atoms with van der Waals surface area (Å²) in [4.78, 5) is 10.1. The molecule has 0 radical (unpaired) electrons. The number of rotatable bonds is 2. The van der Waals surface area contributed by atoms with E-state index in [1.165, 1.54) is 6.08 Å². The van der Waals surface area contributed by atoms with Gasteiger partial charge in [0.1, 0.15) is 0 Å². The normalized spacial score (nSPS) is 9.29. The number of carbonyl (C=O) groups is 1. The van der Waals surface area contributed by atoms with Crippen LogP contribution in [0.15, 0.2) is 12.7 Å². The Morgan fingerprint density at radius 2 is 2.57 bits per heavy atom. The molecule has 0 saturated heterocycles. The first-order valence-electron chi connectivity index (χ1n) is 2.10. The van der Waals surface area contributed by atoms with Gasteiger partial charge in [-0.15, -0.1) is 0 Å². The van der Waals surface area contributed by atoms with Crippen molar-refractivity contribution in [2.75, 3.05) is 0 Å². The highest BCUT2D eigenvalue weighted by Crippen LogP contribution is 1.72. The molecule has 0 aromatic heterocycles. The molecule has 3 heteroatoms. The van der Waals surface area contributed by atoms with Crippen molar-refractivity contribution in [3.05, 3.63) is 12.7 Å². The Morgan fingerprint density at radius 1 is 2.00 bits per heavy atom. The zero-order chi connectivity index (χ0) is 5.70. The largest absolute Gasteiger partial charge is 0.522 e. The van der Waals surface area contributed by atoms with E-state index in [1.807, 2.05) is 6.55 Å². The Bertz CT molecular complexity index is 79.8. The molecule has 2 nitrogen and oxygen atoms in total. The van der Waals surface area contributed by atoms with Crippen LogP contribution in [0.5, 0.6) is 0 Å². The summed E-state index contributed by atoms with van der Waals surface area (Å²) in [7, 11) is -0.565. The van der Waals surface area contributed by atoms with E-state index >= 15 is 0 Å². The zero-order valence-electron chi connectivity index (χ0n) is 4.31. The molecular formula is C4H8O2Si. The number of carbonyl (C=O) groups excluding carboxylic acids is 1. The zero-order valence-corrected chi connectivity index (χ0v) is 5.72. The monoisotopic (exact) mass is 116 g/mol. The minimum absolute atomic E-state index is 0.297. The van der Waals surface area contributed by atoms with Crippen LogP contribution in [0.2, 0.25) is 6.55 Å². The molecule has 0 aromatic carbocycles. The van der Waals surface area contributed by atoms with Crippen LogP contribution in [0.3, 0.4) is 0 Å². The molecule has 0 fully saturated rings. The van der Waals surface area contributed by atoms with Gasteiger partial charge in [0.05, 0.1) is 0 Å². The number of hydrogen-bond acceptors (Lipinski definition) is 2. The Hall–Kier alpha value is -0.573. The van der Waals surface area contributed by atoms with E-state index < -0.39 is 9.76 Å². The van der Waals surface area contributed by atoms with Gasteiger partial charge in [0.25, 0.3) is 0 Å². The van der Waals surface area contributed by atoms with Crippen molar-refractivity contribution in [2.24, 2.45) is 0 Å². The van der Waals surface area contributed by atoms with Gasteiger partial charge < -0.3 is 4.43 Å². The van der Waals surface area contributed by atoms with Crippen molar-refractivity contribution >= 4 is 15.7 Å². The molecule has 0 unspecified atom stereocenters. The van der Waals surface area contributed by atoms with Crippen LogP contribution in [0.1, 0.15) is 0 Å². The Kier molecular flexibility index (Phi) is 3.32. The van der Waals surface area contributed by atoms with E-state index in [4.69, 9.17) is 0 Å². The summed E-state index contributed by atoms with van der Waals surface area (Å²) in [6.07, 6.45) is 1.18. The smallest absolute Gasteiger partial charge is 0.316 e. The van der Waals surface area contributed by atoms with Crippen molar-refractivity contribution in [1.29, 1.82) is 0 Å². The lowest BCUT2D eigenvalue weighted by Gasteiger charge is -1.91. The van der Waals surface area contributed by atoms with Crippen LogP contribution in [-0.2, 0) is 9.22 Å². The standard InChI is InChI=1S/C4H8O2Si/c1-3-4(5)6-7-2/h3H,1,7H2,2H3. The summed E-state index contributed by atoms with van der Waals surface area (Å²) < 4.78 is 4.57. The molecule has 40 valence electrons. The first-order chi connectivity index (χ1) is 3.31. The van der Waals surface area contributed by atoms with Gasteiger partial charge >= 0.3 is 5.97 Å². The van der Waals surface area contributed by atoms with E-state index in [0.717, 1.165) is 0 Å². The van der Waals surface area contributed by atoms with Crippen LogP contribution in [0, 0.1) is 0 Å². The summed E-state index contributed by atoms with van der Waals surface area (Å²) in [5, 5.41) is 0. The maximum absolute atomic E-state index is 10.1. The van der Waals surface area contributed by atoms with E-state index in [2.05, 4.69) is 11.0 Å². The predicted molar refractivity (Wildman–Crippen MR) is 30.7 cm³/mol. The molecule has 0 spiro atoms. The second kappa shape index (κ2) is 3.61. The Morgan fingerprint density at radius 3 is 2.71 bits per heavy atom. The van der Waals surface area contributed by atoms with Gasteiger partial charge in [0.15, 0.2) is 0 Å². The molecule has 7 heavy (non-hydrogen) atoms. The average Bonchev–Trinajstić information content (AvgIpc) is 1.68. The molecule has 0 heterocycles. The summed E-state index contributed by atoms with van der Waals surface area (Å²) in [5.74, 6) is -0.297. The minimum Gasteiger partial charge on any atom is -0.522 e. The predicted octanol–water partition coefficient (Wildman–Crippen LogP) is -0.153. The molecule has 0 saturated carbocycles. The van der Waals surface area contributed by atoms with E-state index in [-0.39, 0.29) is 5.97 Å². The second-order valence-corrected chi connectivity index (χ2v) is 1.82. The summed E-state index contributed by atoms with van der Waals surface area (Å²) >= 11 is 0. The van der Waals surface area contributed by atoms with Crippen LogP contribution in [-0.4, -0.2) is 15.7 Å². The highest BCUT2D eigenvalue weighted by molar-refractivity contribution is 6.29. The van der Waals surface area contributed by atoms with Gasteiger partial charge in [-0.05, 0) is 6.55 Å². The molecule has 0 rings (SSSR count).